The maximum absolute atomic E-state index is 12.1. The maximum Gasteiger partial charge on any atom is 0.573 e. The molecule has 0 unspecified atom stereocenters. The predicted molar refractivity (Wildman–Crippen MR) is 80.0 cm³/mol. The van der Waals surface area contributed by atoms with Crippen molar-refractivity contribution in [2.75, 3.05) is 0 Å². The molecule has 0 amide bonds. The minimum absolute atomic E-state index is 0.179. The van der Waals surface area contributed by atoms with Gasteiger partial charge in [0.2, 0.25) is 0 Å². The quantitative estimate of drug-likeness (QED) is 0.742. The summed E-state index contributed by atoms with van der Waals surface area (Å²) in [7, 11) is 0. The molecule has 22 heavy (non-hydrogen) atoms. The van der Waals surface area contributed by atoms with Crippen LogP contribution in [0.15, 0.2) is 48.5 Å². The Labute approximate surface area is 128 Å². The van der Waals surface area contributed by atoms with Crippen LogP contribution in [0.3, 0.4) is 0 Å². The fraction of sp³-hybridized carbons (Fsp3) is 0.294. The zero-order chi connectivity index (χ0) is 16.6. The summed E-state index contributed by atoms with van der Waals surface area (Å²) in [4.78, 5) is 0. The molecule has 0 atom stereocenters. The van der Waals surface area contributed by atoms with Crippen molar-refractivity contribution < 1.29 is 22.6 Å². The molecular weight excluding hydrogens is 293 g/mol. The Hall–Kier alpha value is -2.17. The summed E-state index contributed by atoms with van der Waals surface area (Å²) in [6, 6.07) is 13.2. The number of ether oxygens (including phenoxy) is 2. The average molecular weight is 312 g/mol. The van der Waals surface area contributed by atoms with Gasteiger partial charge < -0.3 is 9.47 Å². The van der Waals surface area contributed by atoms with Gasteiger partial charge in [-0.1, -0.05) is 38.1 Å². The van der Waals surface area contributed by atoms with Crippen LogP contribution in [-0.2, 0) is 6.61 Å². The highest BCUT2D eigenvalue weighted by molar-refractivity contribution is 5.30. The number of benzene rings is 2. The van der Waals surface area contributed by atoms with Crippen molar-refractivity contribution in [3.8, 4) is 11.5 Å². The van der Waals surface area contributed by atoms with E-state index in [1.807, 2.05) is 39.0 Å². The lowest BCUT2D eigenvalue weighted by molar-refractivity contribution is -0.274. The van der Waals surface area contributed by atoms with E-state index < -0.39 is 6.36 Å². The Morgan fingerprint density at radius 3 is 2.18 bits per heavy atom. The molecule has 0 aliphatic heterocycles. The predicted octanol–water partition coefficient (Wildman–Crippen LogP) is 5.50. The van der Waals surface area contributed by atoms with E-state index in [-0.39, 0.29) is 12.4 Å². The molecule has 0 aliphatic rings. The fourth-order valence-electron chi connectivity index (χ4n) is 1.70. The summed E-state index contributed by atoms with van der Waals surface area (Å²) in [5.41, 5.74) is 1.66. The topological polar surface area (TPSA) is 18.5 Å². The van der Waals surface area contributed by atoms with E-state index in [1.54, 1.807) is 12.1 Å². The number of aryl methyl sites for hydroxylation is 1. The van der Waals surface area contributed by atoms with Crippen molar-refractivity contribution in [1.82, 2.24) is 0 Å². The third kappa shape index (κ3) is 6.52. The molecule has 0 bridgehead atoms. The molecule has 0 saturated carbocycles. The first-order valence-electron chi connectivity index (χ1n) is 6.96. The minimum atomic E-state index is -4.68. The second kappa shape index (κ2) is 8.32. The molecule has 2 aromatic rings. The largest absolute Gasteiger partial charge is 0.573 e. The van der Waals surface area contributed by atoms with Crippen LogP contribution in [0.25, 0.3) is 0 Å². The first-order valence-corrected chi connectivity index (χ1v) is 6.96. The van der Waals surface area contributed by atoms with Crippen molar-refractivity contribution in [1.29, 1.82) is 0 Å². The van der Waals surface area contributed by atoms with E-state index >= 15 is 0 Å². The summed E-state index contributed by atoms with van der Waals surface area (Å²) in [5, 5.41) is 0. The molecule has 2 nitrogen and oxygen atoms in total. The lowest BCUT2D eigenvalue weighted by Gasteiger charge is -2.11. The number of alkyl halides is 3. The molecule has 0 heterocycles. The van der Waals surface area contributed by atoms with Gasteiger partial charge in [0.1, 0.15) is 18.1 Å². The highest BCUT2D eigenvalue weighted by Gasteiger charge is 2.31. The van der Waals surface area contributed by atoms with Crippen molar-refractivity contribution in [2.45, 2.75) is 33.7 Å². The van der Waals surface area contributed by atoms with Crippen molar-refractivity contribution in [3.63, 3.8) is 0 Å². The van der Waals surface area contributed by atoms with Gasteiger partial charge in [0.05, 0.1) is 0 Å². The number of hydrogen-bond donors (Lipinski definition) is 0. The normalized spacial score (nSPS) is 10.5. The molecule has 0 saturated heterocycles. The molecule has 0 N–H and O–H groups in total. The van der Waals surface area contributed by atoms with Crippen LogP contribution in [-0.4, -0.2) is 6.36 Å². The number of rotatable bonds is 4. The summed E-state index contributed by atoms with van der Waals surface area (Å²) in [5.74, 6) is 0.426. The molecule has 120 valence electrons. The average Bonchev–Trinajstić information content (AvgIpc) is 2.46. The van der Waals surface area contributed by atoms with Gasteiger partial charge in [-0.2, -0.15) is 0 Å². The van der Waals surface area contributed by atoms with Crippen LogP contribution in [0.2, 0.25) is 0 Å². The Morgan fingerprint density at radius 2 is 1.55 bits per heavy atom. The smallest absolute Gasteiger partial charge is 0.489 e. The molecule has 0 aliphatic carbocycles. The maximum atomic E-state index is 12.1. The van der Waals surface area contributed by atoms with Gasteiger partial charge in [0.25, 0.3) is 0 Å². The van der Waals surface area contributed by atoms with Gasteiger partial charge in [-0.3, -0.25) is 0 Å². The Morgan fingerprint density at radius 1 is 0.909 bits per heavy atom. The molecule has 5 heteroatoms. The number of hydrogen-bond acceptors (Lipinski definition) is 2. The molecule has 2 rings (SSSR count). The van der Waals surface area contributed by atoms with E-state index in [9.17, 15) is 13.2 Å². The summed E-state index contributed by atoms with van der Waals surface area (Å²) in [6.07, 6.45) is -4.68. The SMILES string of the molecule is CC.Cc1cccc(OCc2cccc(OC(F)(F)F)c2)c1. The first kappa shape index (κ1) is 17.9. The summed E-state index contributed by atoms with van der Waals surface area (Å²) >= 11 is 0. The first-order chi connectivity index (χ1) is 10.4. The zero-order valence-electron chi connectivity index (χ0n) is 12.8. The van der Waals surface area contributed by atoms with Gasteiger partial charge in [-0.05, 0) is 42.3 Å². The standard InChI is InChI=1S/C15H13F3O2.C2H6/c1-11-4-2-6-13(8-11)19-10-12-5-3-7-14(9-12)20-15(16,17)18;1-2/h2-9H,10H2,1H3;1-2H3. The van der Waals surface area contributed by atoms with E-state index in [1.165, 1.54) is 18.2 Å². The highest BCUT2D eigenvalue weighted by Crippen LogP contribution is 2.24. The van der Waals surface area contributed by atoms with Crippen molar-refractivity contribution >= 4 is 0 Å². The summed E-state index contributed by atoms with van der Waals surface area (Å²) < 4.78 is 45.7. The molecule has 0 radical (unpaired) electrons. The van der Waals surface area contributed by atoms with Crippen LogP contribution in [0.1, 0.15) is 25.0 Å². The van der Waals surface area contributed by atoms with Crippen LogP contribution >= 0.6 is 0 Å². The zero-order valence-corrected chi connectivity index (χ0v) is 12.8. The van der Waals surface area contributed by atoms with Crippen LogP contribution in [0.4, 0.5) is 13.2 Å². The molecule has 2 aromatic carbocycles. The van der Waals surface area contributed by atoms with Crippen molar-refractivity contribution in [2.24, 2.45) is 0 Å². The van der Waals surface area contributed by atoms with E-state index in [4.69, 9.17) is 4.74 Å². The van der Waals surface area contributed by atoms with Crippen LogP contribution in [0, 0.1) is 6.92 Å². The Balaban J connectivity index is 0.00000116. The van der Waals surface area contributed by atoms with Gasteiger partial charge in [0, 0.05) is 0 Å². The fourth-order valence-corrected chi connectivity index (χ4v) is 1.70. The third-order valence-corrected chi connectivity index (χ3v) is 2.53. The second-order valence-electron chi connectivity index (χ2n) is 4.30. The molecule has 0 spiro atoms. The highest BCUT2D eigenvalue weighted by atomic mass is 19.4. The van der Waals surface area contributed by atoms with Crippen LogP contribution < -0.4 is 9.47 Å². The van der Waals surface area contributed by atoms with E-state index in [0.717, 1.165) is 5.56 Å². The van der Waals surface area contributed by atoms with Gasteiger partial charge >= 0.3 is 6.36 Å². The lowest BCUT2D eigenvalue weighted by atomic mass is 10.2. The molecule has 0 fully saturated rings. The molecular formula is C17H19F3O2. The van der Waals surface area contributed by atoms with Gasteiger partial charge in [0.15, 0.2) is 0 Å². The van der Waals surface area contributed by atoms with Gasteiger partial charge in [-0.25, -0.2) is 0 Å². The van der Waals surface area contributed by atoms with E-state index in [2.05, 4.69) is 4.74 Å². The van der Waals surface area contributed by atoms with Crippen molar-refractivity contribution in [3.05, 3.63) is 59.7 Å². The van der Waals surface area contributed by atoms with Crippen LogP contribution in [0.5, 0.6) is 11.5 Å². The Bertz CT molecular complexity index is 580. The second-order valence-corrected chi connectivity index (χ2v) is 4.30. The lowest BCUT2D eigenvalue weighted by Crippen LogP contribution is -2.17. The number of halogens is 3. The van der Waals surface area contributed by atoms with Gasteiger partial charge in [-0.15, -0.1) is 13.2 Å². The Kier molecular flexibility index (Phi) is 6.76. The minimum Gasteiger partial charge on any atom is -0.489 e. The third-order valence-electron chi connectivity index (χ3n) is 2.53. The van der Waals surface area contributed by atoms with E-state index in [0.29, 0.717) is 11.3 Å². The molecule has 0 aromatic heterocycles. The monoisotopic (exact) mass is 312 g/mol. The summed E-state index contributed by atoms with van der Waals surface area (Å²) in [6.45, 7) is 6.11.